The Kier molecular flexibility index (Phi) is 4.61. The molecule has 0 aliphatic heterocycles. The van der Waals surface area contributed by atoms with Crippen LogP contribution in [-0.4, -0.2) is 13.1 Å². The summed E-state index contributed by atoms with van der Waals surface area (Å²) >= 11 is 7.34. The number of nitriles is 1. The summed E-state index contributed by atoms with van der Waals surface area (Å²) in [5.74, 6) is -0.423. The topological polar surface area (TPSA) is 62.1 Å². The van der Waals surface area contributed by atoms with E-state index in [2.05, 4.69) is 11.4 Å². The van der Waals surface area contributed by atoms with E-state index in [4.69, 9.17) is 21.6 Å². The molecule has 0 spiro atoms. The monoisotopic (exact) mass is 306 g/mol. The van der Waals surface area contributed by atoms with Crippen molar-refractivity contribution in [2.75, 3.05) is 12.4 Å². The van der Waals surface area contributed by atoms with Gasteiger partial charge in [0.25, 0.3) is 0 Å². The Morgan fingerprint density at radius 2 is 2.25 bits per heavy atom. The summed E-state index contributed by atoms with van der Waals surface area (Å²) in [6.07, 6.45) is 0. The first-order valence-corrected chi connectivity index (χ1v) is 6.94. The van der Waals surface area contributed by atoms with E-state index in [1.54, 1.807) is 24.3 Å². The SMILES string of the molecule is COC(=O)c1ccc(Cl)cc1NCc1ccc(C#N)s1. The number of hydrogen-bond donors (Lipinski definition) is 1. The predicted molar refractivity (Wildman–Crippen MR) is 79.2 cm³/mol. The van der Waals surface area contributed by atoms with Gasteiger partial charge in [0.2, 0.25) is 0 Å². The van der Waals surface area contributed by atoms with Gasteiger partial charge in [0.1, 0.15) is 10.9 Å². The zero-order valence-electron chi connectivity index (χ0n) is 10.6. The van der Waals surface area contributed by atoms with Crippen LogP contribution in [0.3, 0.4) is 0 Å². The highest BCUT2D eigenvalue weighted by Crippen LogP contribution is 2.24. The molecule has 0 bridgehead atoms. The number of carbonyl (C=O) groups is 1. The van der Waals surface area contributed by atoms with Crippen molar-refractivity contribution in [3.05, 3.63) is 50.7 Å². The first kappa shape index (κ1) is 14.4. The number of carbonyl (C=O) groups excluding carboxylic acids is 1. The summed E-state index contributed by atoms with van der Waals surface area (Å²) in [6.45, 7) is 0.511. The van der Waals surface area contributed by atoms with Gasteiger partial charge in [0, 0.05) is 16.4 Å². The van der Waals surface area contributed by atoms with Gasteiger partial charge in [-0.1, -0.05) is 11.6 Å². The van der Waals surface area contributed by atoms with E-state index < -0.39 is 5.97 Å². The number of nitrogens with zero attached hydrogens (tertiary/aromatic N) is 1. The maximum Gasteiger partial charge on any atom is 0.339 e. The first-order chi connectivity index (χ1) is 9.63. The number of halogens is 1. The van der Waals surface area contributed by atoms with Crippen LogP contribution < -0.4 is 5.32 Å². The molecule has 4 nitrogen and oxygen atoms in total. The average Bonchev–Trinajstić information content (AvgIpc) is 2.92. The fraction of sp³-hybridized carbons (Fsp3) is 0.143. The highest BCUT2D eigenvalue weighted by Gasteiger charge is 2.12. The summed E-state index contributed by atoms with van der Waals surface area (Å²) in [4.78, 5) is 13.3. The Morgan fingerprint density at radius 1 is 1.45 bits per heavy atom. The van der Waals surface area contributed by atoms with Crippen molar-refractivity contribution in [3.63, 3.8) is 0 Å². The molecule has 0 saturated heterocycles. The molecule has 20 heavy (non-hydrogen) atoms. The van der Waals surface area contributed by atoms with Gasteiger partial charge in [-0.3, -0.25) is 0 Å². The third kappa shape index (κ3) is 3.29. The number of rotatable bonds is 4. The minimum atomic E-state index is -0.423. The van der Waals surface area contributed by atoms with Crippen LogP contribution in [0.25, 0.3) is 0 Å². The number of hydrogen-bond acceptors (Lipinski definition) is 5. The van der Waals surface area contributed by atoms with E-state index in [0.717, 1.165) is 4.88 Å². The number of esters is 1. The molecule has 0 unspecified atom stereocenters. The minimum Gasteiger partial charge on any atom is -0.465 e. The van der Waals surface area contributed by atoms with Crippen LogP contribution in [0.1, 0.15) is 20.1 Å². The molecule has 102 valence electrons. The molecule has 1 aromatic heterocycles. The fourth-order valence-electron chi connectivity index (χ4n) is 1.67. The molecule has 0 fully saturated rings. The lowest BCUT2D eigenvalue weighted by atomic mass is 10.2. The van der Waals surface area contributed by atoms with Crippen LogP contribution in [0.15, 0.2) is 30.3 Å². The van der Waals surface area contributed by atoms with Crippen molar-refractivity contribution < 1.29 is 9.53 Å². The Labute approximate surface area is 125 Å². The average molecular weight is 307 g/mol. The lowest BCUT2D eigenvalue weighted by Gasteiger charge is -2.10. The van der Waals surface area contributed by atoms with Gasteiger partial charge in [-0.15, -0.1) is 11.3 Å². The van der Waals surface area contributed by atoms with E-state index >= 15 is 0 Å². The summed E-state index contributed by atoms with van der Waals surface area (Å²) < 4.78 is 4.73. The lowest BCUT2D eigenvalue weighted by molar-refractivity contribution is 0.0602. The molecule has 2 rings (SSSR count). The molecule has 0 saturated carbocycles. The summed E-state index contributed by atoms with van der Waals surface area (Å²) in [6, 6.07) is 10.7. The highest BCUT2D eigenvalue weighted by atomic mass is 35.5. The third-order valence-corrected chi connectivity index (χ3v) is 3.84. The van der Waals surface area contributed by atoms with Crippen LogP contribution >= 0.6 is 22.9 Å². The van der Waals surface area contributed by atoms with Crippen molar-refractivity contribution in [2.24, 2.45) is 0 Å². The Balaban J connectivity index is 2.18. The number of thiophene rings is 1. The highest BCUT2D eigenvalue weighted by molar-refractivity contribution is 7.12. The van der Waals surface area contributed by atoms with E-state index in [-0.39, 0.29) is 0 Å². The number of anilines is 1. The molecule has 1 aromatic carbocycles. The maximum atomic E-state index is 11.7. The molecule has 0 amide bonds. The number of benzene rings is 1. The van der Waals surface area contributed by atoms with Crippen molar-refractivity contribution in [1.29, 1.82) is 5.26 Å². The maximum absolute atomic E-state index is 11.7. The van der Waals surface area contributed by atoms with Gasteiger partial charge in [-0.2, -0.15) is 5.26 Å². The fourth-order valence-corrected chi connectivity index (χ4v) is 2.58. The van der Waals surface area contributed by atoms with Crippen molar-refractivity contribution in [3.8, 4) is 6.07 Å². The zero-order valence-corrected chi connectivity index (χ0v) is 12.2. The minimum absolute atomic E-state index is 0.423. The number of methoxy groups -OCH3 is 1. The van der Waals surface area contributed by atoms with Gasteiger partial charge in [-0.25, -0.2) is 4.79 Å². The predicted octanol–water partition coefficient (Wildman–Crippen LogP) is 3.67. The van der Waals surface area contributed by atoms with Gasteiger partial charge < -0.3 is 10.1 Å². The molecule has 1 heterocycles. The van der Waals surface area contributed by atoms with Gasteiger partial charge in [0.05, 0.1) is 18.4 Å². The second-order valence-electron chi connectivity index (χ2n) is 3.91. The van der Waals surface area contributed by atoms with Crippen molar-refractivity contribution in [1.82, 2.24) is 0 Å². The second-order valence-corrected chi connectivity index (χ2v) is 5.52. The molecular formula is C14H11ClN2O2S. The van der Waals surface area contributed by atoms with E-state index in [1.807, 2.05) is 6.07 Å². The Bertz CT molecular complexity index is 676. The largest absolute Gasteiger partial charge is 0.465 e. The van der Waals surface area contributed by atoms with Crippen LogP contribution in [0, 0.1) is 11.3 Å². The smallest absolute Gasteiger partial charge is 0.339 e. The summed E-state index contributed by atoms with van der Waals surface area (Å²) in [5.41, 5.74) is 1.03. The van der Waals surface area contributed by atoms with E-state index in [1.165, 1.54) is 18.4 Å². The number of ether oxygens (including phenoxy) is 1. The summed E-state index contributed by atoms with van der Waals surface area (Å²) in [5, 5.41) is 12.5. The van der Waals surface area contributed by atoms with Crippen LogP contribution in [0.4, 0.5) is 5.69 Å². The van der Waals surface area contributed by atoms with Crippen molar-refractivity contribution in [2.45, 2.75) is 6.54 Å². The Hall–Kier alpha value is -2.03. The number of nitrogens with one attached hydrogen (secondary N) is 1. The van der Waals surface area contributed by atoms with Crippen LogP contribution in [0.5, 0.6) is 0 Å². The van der Waals surface area contributed by atoms with Crippen molar-refractivity contribution >= 4 is 34.6 Å². The zero-order chi connectivity index (χ0) is 14.5. The summed E-state index contributed by atoms with van der Waals surface area (Å²) in [7, 11) is 1.33. The molecule has 1 N–H and O–H groups in total. The van der Waals surface area contributed by atoms with Gasteiger partial charge in [-0.05, 0) is 30.3 Å². The lowest BCUT2D eigenvalue weighted by Crippen LogP contribution is -2.07. The second kappa shape index (κ2) is 6.42. The van der Waals surface area contributed by atoms with Crippen LogP contribution in [0.2, 0.25) is 5.02 Å². The van der Waals surface area contributed by atoms with Gasteiger partial charge in [0.15, 0.2) is 0 Å². The Morgan fingerprint density at radius 3 is 2.90 bits per heavy atom. The third-order valence-electron chi connectivity index (χ3n) is 2.61. The van der Waals surface area contributed by atoms with Gasteiger partial charge >= 0.3 is 5.97 Å². The molecule has 0 atom stereocenters. The van der Waals surface area contributed by atoms with E-state index in [0.29, 0.717) is 27.7 Å². The first-order valence-electron chi connectivity index (χ1n) is 5.74. The normalized spacial score (nSPS) is 9.85. The molecule has 0 radical (unpaired) electrons. The van der Waals surface area contributed by atoms with E-state index in [9.17, 15) is 4.79 Å². The molecular weight excluding hydrogens is 296 g/mol. The molecule has 0 aliphatic carbocycles. The standard InChI is InChI=1S/C14H11ClN2O2S/c1-19-14(18)12-5-2-9(15)6-13(12)17-8-11-4-3-10(7-16)20-11/h2-6,17H,8H2,1H3. The molecule has 0 aliphatic rings. The van der Waals surface area contributed by atoms with Crippen LogP contribution in [-0.2, 0) is 11.3 Å². The quantitative estimate of drug-likeness (QED) is 0.875. The molecule has 6 heteroatoms. The molecule has 2 aromatic rings.